The molecule has 0 heterocycles. The molecule has 2 aromatic rings. The fourth-order valence-electron chi connectivity index (χ4n) is 2.92. The highest BCUT2D eigenvalue weighted by Gasteiger charge is 2.35. The maximum atomic E-state index is 13.7. The lowest BCUT2D eigenvalue weighted by Crippen LogP contribution is -2.18. The Bertz CT molecular complexity index is 1150. The molecule has 0 unspecified atom stereocenters. The molecule has 0 spiro atoms. The van der Waals surface area contributed by atoms with E-state index in [0.717, 1.165) is 19.2 Å². The Kier molecular flexibility index (Phi) is 9.85. The van der Waals surface area contributed by atoms with Gasteiger partial charge in [0, 0.05) is 25.8 Å². The van der Waals surface area contributed by atoms with Crippen molar-refractivity contribution in [2.24, 2.45) is 10.7 Å². The number of nitrogens with zero attached hydrogens (tertiary/aromatic N) is 1. The molecule has 9 nitrogen and oxygen atoms in total. The molecule has 2 rings (SSSR count). The van der Waals surface area contributed by atoms with Gasteiger partial charge in [0.25, 0.3) is 5.91 Å². The number of amides is 1. The summed E-state index contributed by atoms with van der Waals surface area (Å²) in [6.07, 6.45) is -2.49. The number of amidine groups is 1. The van der Waals surface area contributed by atoms with Crippen LogP contribution in [0.4, 0.5) is 13.2 Å². The number of rotatable bonds is 10. The molecule has 2 aromatic carbocycles. The smallest absolute Gasteiger partial charge is 0.420 e. The number of halogens is 3. The molecule has 3 N–H and O–H groups in total. The number of aliphatic imine (C=N–C) groups is 1. The molecule has 0 saturated carbocycles. The summed E-state index contributed by atoms with van der Waals surface area (Å²) in [5.41, 5.74) is 4.13. The highest BCUT2D eigenvalue weighted by molar-refractivity contribution is 6.06. The Morgan fingerprint density at radius 1 is 1.11 bits per heavy atom. The molecular weight excluding hydrogens is 483 g/mol. The van der Waals surface area contributed by atoms with Gasteiger partial charge in [-0.1, -0.05) is 0 Å². The van der Waals surface area contributed by atoms with E-state index in [1.165, 1.54) is 37.6 Å². The quantitative estimate of drug-likeness (QED) is 0.281. The van der Waals surface area contributed by atoms with Crippen LogP contribution in [0.2, 0.25) is 0 Å². The van der Waals surface area contributed by atoms with Crippen molar-refractivity contribution in [3.63, 3.8) is 0 Å². The molecule has 12 heteroatoms. The van der Waals surface area contributed by atoms with Gasteiger partial charge in [0.2, 0.25) is 0 Å². The molecule has 1 atom stereocenters. The number of ether oxygens (including phenoxy) is 4. The number of benzene rings is 2. The van der Waals surface area contributed by atoms with Crippen molar-refractivity contribution >= 4 is 17.7 Å². The molecule has 36 heavy (non-hydrogen) atoms. The van der Waals surface area contributed by atoms with Gasteiger partial charge in [0.05, 0.1) is 24.8 Å². The van der Waals surface area contributed by atoms with Crippen LogP contribution < -0.4 is 20.5 Å². The second-order valence-electron chi connectivity index (χ2n) is 7.34. The van der Waals surface area contributed by atoms with Crippen molar-refractivity contribution in [1.82, 2.24) is 5.32 Å². The van der Waals surface area contributed by atoms with Crippen LogP contribution in [0.3, 0.4) is 0 Å². The predicted octanol–water partition coefficient (Wildman–Crippen LogP) is 3.93. The standard InChI is InChI=1S/C24H26F3N3O6/c1-14(13-33-3)35-17-9-16(22(31)30-21(28)7-8-29-2)10-18(12-17)36-20-6-5-15(23(32)34-4)11-19(20)24(25,26)27/h5-12,14,29H,13H2,1-4H3,(H2,28,30,31)/b8-7-/t14-/m0/s1. The zero-order valence-corrected chi connectivity index (χ0v) is 20.0. The zero-order valence-electron chi connectivity index (χ0n) is 20.0. The first kappa shape index (κ1) is 28.2. The number of nitrogens with two attached hydrogens (primary N) is 1. The lowest BCUT2D eigenvalue weighted by molar-refractivity contribution is -0.138. The van der Waals surface area contributed by atoms with E-state index in [4.69, 9.17) is 19.9 Å². The maximum Gasteiger partial charge on any atom is 0.420 e. The van der Waals surface area contributed by atoms with Crippen LogP contribution >= 0.6 is 0 Å². The molecule has 0 saturated heterocycles. The summed E-state index contributed by atoms with van der Waals surface area (Å²) in [5, 5.41) is 2.70. The topological polar surface area (TPSA) is 121 Å². The number of hydrogen-bond donors (Lipinski definition) is 2. The third kappa shape index (κ3) is 8.01. The van der Waals surface area contributed by atoms with Gasteiger partial charge in [-0.3, -0.25) is 4.79 Å². The average molecular weight is 509 g/mol. The van der Waals surface area contributed by atoms with E-state index in [9.17, 15) is 22.8 Å². The van der Waals surface area contributed by atoms with Crippen molar-refractivity contribution in [1.29, 1.82) is 0 Å². The molecule has 0 aliphatic rings. The minimum absolute atomic E-state index is 0.0485. The lowest BCUT2D eigenvalue weighted by Gasteiger charge is -2.17. The van der Waals surface area contributed by atoms with E-state index in [1.807, 2.05) is 0 Å². The van der Waals surface area contributed by atoms with E-state index in [1.54, 1.807) is 14.0 Å². The first-order valence-electron chi connectivity index (χ1n) is 10.5. The first-order valence-corrected chi connectivity index (χ1v) is 10.5. The monoisotopic (exact) mass is 509 g/mol. The van der Waals surface area contributed by atoms with Gasteiger partial charge in [-0.2, -0.15) is 18.2 Å². The maximum absolute atomic E-state index is 13.7. The van der Waals surface area contributed by atoms with Gasteiger partial charge in [0.15, 0.2) is 0 Å². The molecule has 0 aromatic heterocycles. The van der Waals surface area contributed by atoms with E-state index in [2.05, 4.69) is 15.0 Å². The molecule has 194 valence electrons. The summed E-state index contributed by atoms with van der Waals surface area (Å²) in [6.45, 7) is 1.91. The summed E-state index contributed by atoms with van der Waals surface area (Å²) < 4.78 is 61.9. The summed E-state index contributed by atoms with van der Waals surface area (Å²) in [5.74, 6) is -2.44. The molecule has 0 aliphatic carbocycles. The van der Waals surface area contributed by atoms with Crippen molar-refractivity contribution in [3.05, 3.63) is 65.4 Å². The van der Waals surface area contributed by atoms with Crippen molar-refractivity contribution in [3.8, 4) is 17.2 Å². The number of methoxy groups -OCH3 is 2. The average Bonchev–Trinajstić information content (AvgIpc) is 2.81. The summed E-state index contributed by atoms with van der Waals surface area (Å²) >= 11 is 0. The van der Waals surface area contributed by atoms with Crippen LogP contribution in [-0.2, 0) is 15.7 Å². The number of alkyl halides is 3. The van der Waals surface area contributed by atoms with Gasteiger partial charge < -0.3 is 30.0 Å². The largest absolute Gasteiger partial charge is 0.488 e. The van der Waals surface area contributed by atoms with Gasteiger partial charge in [0.1, 0.15) is 29.2 Å². The number of hydrogen-bond acceptors (Lipinski definition) is 7. The second-order valence-corrected chi connectivity index (χ2v) is 7.34. The highest BCUT2D eigenvalue weighted by Crippen LogP contribution is 2.39. The number of nitrogens with one attached hydrogen (secondary N) is 1. The molecule has 0 bridgehead atoms. The van der Waals surface area contributed by atoms with Gasteiger partial charge >= 0.3 is 12.1 Å². The summed E-state index contributed by atoms with van der Waals surface area (Å²) in [7, 11) is 4.16. The minimum Gasteiger partial charge on any atom is -0.488 e. The van der Waals surface area contributed by atoms with E-state index in [0.29, 0.717) is 6.07 Å². The van der Waals surface area contributed by atoms with Crippen LogP contribution in [0.5, 0.6) is 17.2 Å². The summed E-state index contributed by atoms with van der Waals surface area (Å²) in [6, 6.07) is 6.59. The first-order chi connectivity index (χ1) is 17.0. The number of carbonyl (C=O) groups excluding carboxylic acids is 2. The van der Waals surface area contributed by atoms with Gasteiger partial charge in [-0.15, -0.1) is 0 Å². The zero-order chi connectivity index (χ0) is 26.9. The normalized spacial score (nSPS) is 12.8. The van der Waals surface area contributed by atoms with Crippen LogP contribution in [0.15, 0.2) is 53.7 Å². The number of carbonyl (C=O) groups is 2. The van der Waals surface area contributed by atoms with Crippen LogP contribution in [0.1, 0.15) is 33.2 Å². The van der Waals surface area contributed by atoms with Gasteiger partial charge in [-0.25, -0.2) is 4.79 Å². The molecular formula is C24H26F3N3O6. The Morgan fingerprint density at radius 2 is 1.81 bits per heavy atom. The molecule has 0 radical (unpaired) electrons. The highest BCUT2D eigenvalue weighted by atomic mass is 19.4. The molecule has 0 aliphatic heterocycles. The Hall–Kier alpha value is -4.06. The Balaban J connectivity index is 2.54. The fraction of sp³-hybridized carbons (Fsp3) is 0.292. The van der Waals surface area contributed by atoms with Crippen LogP contribution in [0.25, 0.3) is 0 Å². The molecule has 1 amide bonds. The van der Waals surface area contributed by atoms with Crippen LogP contribution in [0, 0.1) is 0 Å². The fourth-order valence-corrected chi connectivity index (χ4v) is 2.92. The minimum atomic E-state index is -4.85. The second kappa shape index (κ2) is 12.6. The van der Waals surface area contributed by atoms with E-state index >= 15 is 0 Å². The summed E-state index contributed by atoms with van der Waals surface area (Å²) in [4.78, 5) is 28.1. The van der Waals surface area contributed by atoms with Crippen molar-refractivity contribution in [2.75, 3.05) is 27.9 Å². The molecule has 0 fully saturated rings. The van der Waals surface area contributed by atoms with Gasteiger partial charge in [-0.05, 0) is 49.5 Å². The number of esters is 1. The Morgan fingerprint density at radius 3 is 2.42 bits per heavy atom. The lowest BCUT2D eigenvalue weighted by atomic mass is 10.1. The Labute approximate surface area is 205 Å². The van der Waals surface area contributed by atoms with Crippen molar-refractivity contribution < 1.29 is 41.7 Å². The van der Waals surface area contributed by atoms with Crippen LogP contribution in [-0.4, -0.2) is 51.7 Å². The third-order valence-corrected chi connectivity index (χ3v) is 4.45. The van der Waals surface area contributed by atoms with Crippen molar-refractivity contribution in [2.45, 2.75) is 19.2 Å². The predicted molar refractivity (Wildman–Crippen MR) is 125 cm³/mol. The third-order valence-electron chi connectivity index (χ3n) is 4.45. The van der Waals surface area contributed by atoms with E-state index < -0.39 is 35.5 Å². The van der Waals surface area contributed by atoms with E-state index in [-0.39, 0.29) is 35.1 Å². The SMILES string of the molecule is CN/C=C\C(N)=NC(=O)c1cc(Oc2ccc(C(=O)OC)cc2C(F)(F)F)cc(O[C@@H](C)COC)c1.